The molecule has 15 nitrogen and oxygen atoms in total. The topological polar surface area (TPSA) is 182 Å². The molecule has 5 atom stereocenters. The van der Waals surface area contributed by atoms with Gasteiger partial charge in [0.05, 0.1) is 23.5 Å². The molecular formula is C35H51N7O8S. The van der Waals surface area contributed by atoms with E-state index < -0.39 is 63.1 Å². The van der Waals surface area contributed by atoms with Crippen LogP contribution in [0.15, 0.2) is 30.5 Å². The van der Waals surface area contributed by atoms with E-state index in [1.54, 1.807) is 27.0 Å². The SMILES string of the molecule is CC(C)n1c(O[C@@H]2C[C@H]3C(=O)C[C@]4(C(=O)NS(=O)(=O)N(C)C)C[C@H]4/C=C\CCCCC[C@H](NC(=O)OC(C)(C)C)C(=O)N3C2)nc2ncccc21. The highest BCUT2D eigenvalue weighted by molar-refractivity contribution is 7.87. The molecule has 0 aromatic carbocycles. The van der Waals surface area contributed by atoms with Crippen LogP contribution in [0.5, 0.6) is 6.01 Å². The van der Waals surface area contributed by atoms with E-state index in [1.165, 1.54) is 19.0 Å². The molecule has 5 rings (SSSR count). The lowest BCUT2D eigenvalue weighted by Crippen LogP contribution is -2.53. The third-order valence-corrected chi connectivity index (χ3v) is 11.0. The van der Waals surface area contributed by atoms with Gasteiger partial charge in [-0.05, 0) is 78.4 Å². The molecule has 0 unspecified atom stereocenters. The molecule has 2 aliphatic heterocycles. The van der Waals surface area contributed by atoms with Gasteiger partial charge < -0.3 is 19.7 Å². The molecule has 1 aliphatic carbocycles. The van der Waals surface area contributed by atoms with Crippen LogP contribution in [0.25, 0.3) is 11.2 Å². The Bertz CT molecular complexity index is 1780. The van der Waals surface area contributed by atoms with E-state index in [0.29, 0.717) is 37.3 Å². The van der Waals surface area contributed by atoms with Gasteiger partial charge in [0.1, 0.15) is 17.7 Å². The number of ether oxygens (including phenoxy) is 2. The van der Waals surface area contributed by atoms with Crippen molar-refractivity contribution < 1.29 is 37.1 Å². The molecule has 0 bridgehead atoms. The summed E-state index contributed by atoms with van der Waals surface area (Å²) >= 11 is 0. The Kier molecular flexibility index (Phi) is 11.2. The Morgan fingerprint density at radius 3 is 2.57 bits per heavy atom. The minimum absolute atomic E-state index is 0.0218. The lowest BCUT2D eigenvalue weighted by atomic mass is 9.91. The van der Waals surface area contributed by atoms with Crippen molar-refractivity contribution in [2.75, 3.05) is 20.6 Å². The summed E-state index contributed by atoms with van der Waals surface area (Å²) in [6.45, 7) is 9.19. The molecule has 1 saturated carbocycles. The third-order valence-electron chi connectivity index (χ3n) is 9.64. The van der Waals surface area contributed by atoms with Gasteiger partial charge in [-0.2, -0.15) is 17.7 Å². The molecule has 280 valence electrons. The van der Waals surface area contributed by atoms with Gasteiger partial charge >= 0.3 is 16.3 Å². The second-order valence-corrected chi connectivity index (χ2v) is 17.2. The van der Waals surface area contributed by atoms with E-state index in [9.17, 15) is 27.6 Å². The van der Waals surface area contributed by atoms with E-state index in [0.717, 1.165) is 22.7 Å². The largest absolute Gasteiger partial charge is 0.459 e. The van der Waals surface area contributed by atoms with Crippen LogP contribution in [0.1, 0.15) is 92.0 Å². The van der Waals surface area contributed by atoms with Crippen LogP contribution >= 0.6 is 0 Å². The van der Waals surface area contributed by atoms with Crippen molar-refractivity contribution in [3.63, 3.8) is 0 Å². The Morgan fingerprint density at radius 2 is 1.88 bits per heavy atom. The van der Waals surface area contributed by atoms with Crippen molar-refractivity contribution in [2.45, 2.75) is 116 Å². The maximum atomic E-state index is 14.4. The number of hydrogen-bond acceptors (Lipinski definition) is 10. The highest BCUT2D eigenvalue weighted by Crippen LogP contribution is 2.57. The van der Waals surface area contributed by atoms with Gasteiger partial charge in [0.2, 0.25) is 11.8 Å². The number of fused-ring (bicyclic) bond motifs is 3. The van der Waals surface area contributed by atoms with Crippen LogP contribution in [-0.2, 0) is 29.3 Å². The molecule has 3 amide bonds. The maximum absolute atomic E-state index is 14.4. The summed E-state index contributed by atoms with van der Waals surface area (Å²) in [5, 5.41) is 2.75. The van der Waals surface area contributed by atoms with E-state index in [1.807, 2.05) is 42.7 Å². The number of nitrogens with zero attached hydrogens (tertiary/aromatic N) is 5. The number of hydrogen-bond donors (Lipinski definition) is 2. The number of ketones is 1. The summed E-state index contributed by atoms with van der Waals surface area (Å²) in [4.78, 5) is 65.9. The van der Waals surface area contributed by atoms with Crippen molar-refractivity contribution in [3.05, 3.63) is 30.5 Å². The summed E-state index contributed by atoms with van der Waals surface area (Å²) in [7, 11) is -1.49. The Labute approximate surface area is 299 Å². The average Bonchev–Trinajstić information content (AvgIpc) is 3.36. The first-order chi connectivity index (χ1) is 23.9. The smallest absolute Gasteiger partial charge is 0.408 e. The highest BCUT2D eigenvalue weighted by atomic mass is 32.2. The van der Waals surface area contributed by atoms with Gasteiger partial charge in [-0.3, -0.25) is 19.0 Å². The third kappa shape index (κ3) is 8.71. The lowest BCUT2D eigenvalue weighted by Gasteiger charge is -2.30. The van der Waals surface area contributed by atoms with Gasteiger partial charge in [-0.1, -0.05) is 25.0 Å². The van der Waals surface area contributed by atoms with Crippen molar-refractivity contribution >= 4 is 45.1 Å². The van der Waals surface area contributed by atoms with Gasteiger partial charge in [-0.15, -0.1) is 0 Å². The maximum Gasteiger partial charge on any atom is 0.408 e. The minimum Gasteiger partial charge on any atom is -0.459 e. The molecule has 2 aromatic heterocycles. The van der Waals surface area contributed by atoms with Crippen molar-refractivity contribution in [1.29, 1.82) is 0 Å². The van der Waals surface area contributed by atoms with E-state index in [2.05, 4.69) is 20.0 Å². The number of nitrogens with one attached hydrogen (secondary N) is 2. The molecule has 1 saturated heterocycles. The molecular weight excluding hydrogens is 678 g/mol. The van der Waals surface area contributed by atoms with E-state index in [-0.39, 0.29) is 31.3 Å². The van der Waals surface area contributed by atoms with E-state index >= 15 is 0 Å². The fourth-order valence-corrected chi connectivity index (χ4v) is 7.52. The lowest BCUT2D eigenvalue weighted by molar-refractivity contribution is -0.140. The van der Waals surface area contributed by atoms with Gasteiger partial charge in [0.15, 0.2) is 11.4 Å². The zero-order valence-electron chi connectivity index (χ0n) is 30.5. The number of amides is 3. The predicted octanol–water partition coefficient (Wildman–Crippen LogP) is 3.66. The number of allylic oxidation sites excluding steroid dienone is 2. The van der Waals surface area contributed by atoms with Crippen LogP contribution in [0.2, 0.25) is 0 Å². The van der Waals surface area contributed by atoms with Crippen LogP contribution in [-0.4, -0.2) is 100 Å². The Balaban J connectivity index is 1.49. The fourth-order valence-electron chi connectivity index (χ4n) is 6.90. The number of aromatic nitrogens is 3. The fraction of sp³-hybridized carbons (Fsp3) is 0.657. The summed E-state index contributed by atoms with van der Waals surface area (Å²) in [6.07, 6.45) is 7.47. The average molecular weight is 730 g/mol. The minimum atomic E-state index is -4.12. The molecule has 4 heterocycles. The van der Waals surface area contributed by atoms with E-state index in [4.69, 9.17) is 9.47 Å². The molecule has 3 aliphatic rings. The van der Waals surface area contributed by atoms with Crippen LogP contribution < -0.4 is 14.8 Å². The molecule has 2 aromatic rings. The molecule has 0 radical (unpaired) electrons. The molecule has 2 N–H and O–H groups in total. The van der Waals surface area contributed by atoms with Gasteiger partial charge in [0, 0.05) is 39.2 Å². The van der Waals surface area contributed by atoms with Crippen molar-refractivity contribution in [1.82, 2.24) is 33.8 Å². The first kappa shape index (κ1) is 38.2. The van der Waals surface area contributed by atoms with Crippen molar-refractivity contribution in [2.24, 2.45) is 11.3 Å². The number of Topliss-reactive ketones (excluding diaryl/α,β-unsaturated/α-hetero) is 1. The summed E-state index contributed by atoms with van der Waals surface area (Å²) in [6, 6.07) is 1.98. The van der Waals surface area contributed by atoms with Crippen LogP contribution in [0, 0.1) is 11.3 Å². The highest BCUT2D eigenvalue weighted by Gasteiger charge is 2.61. The zero-order chi connectivity index (χ0) is 37.3. The van der Waals surface area contributed by atoms with Gasteiger partial charge in [-0.25, -0.2) is 14.5 Å². The number of imidazole rings is 1. The number of rotatable bonds is 7. The second-order valence-electron chi connectivity index (χ2n) is 15.3. The zero-order valence-corrected chi connectivity index (χ0v) is 31.4. The van der Waals surface area contributed by atoms with Crippen LogP contribution in [0.4, 0.5) is 4.79 Å². The predicted molar refractivity (Wildman–Crippen MR) is 189 cm³/mol. The number of pyridine rings is 1. The Hall–Kier alpha value is -4.05. The molecule has 0 spiro atoms. The van der Waals surface area contributed by atoms with Gasteiger partial charge in [0.25, 0.3) is 6.01 Å². The molecule has 16 heteroatoms. The second kappa shape index (κ2) is 14.9. The number of carbonyl (C=O) groups is 4. The summed E-state index contributed by atoms with van der Waals surface area (Å²) in [5.74, 6) is -1.96. The van der Waals surface area contributed by atoms with Crippen molar-refractivity contribution in [3.8, 4) is 6.01 Å². The molecule has 51 heavy (non-hydrogen) atoms. The number of alkyl carbamates (subject to hydrolysis) is 1. The summed E-state index contributed by atoms with van der Waals surface area (Å²) < 4.78 is 42.3. The quantitative estimate of drug-likeness (QED) is 0.399. The van der Waals surface area contributed by atoms with Crippen LogP contribution in [0.3, 0.4) is 0 Å². The summed E-state index contributed by atoms with van der Waals surface area (Å²) in [5.41, 5.74) is -0.818. The standard InChI is InChI=1S/C35H51N7O8S/c1-22(2)42-26-16-13-17-36-29(26)38-32(42)49-24-18-27-28(43)20-35(31(45)39-51(47,48)40(6)7)19-23(35)14-11-9-8-10-12-15-25(30(44)41(27)21-24)37-33(46)50-34(3,4)5/h11,13-14,16-17,22-25,27H,8-10,12,15,18-21H2,1-7H3,(H,37,46)(H,39,45)/b14-11-/t23-,24-,25+,27+,35-/m1/s1. The Morgan fingerprint density at radius 1 is 1.14 bits per heavy atom. The monoisotopic (exact) mass is 729 g/mol. The molecule has 2 fully saturated rings. The first-order valence-corrected chi connectivity index (χ1v) is 19.1. The number of carbonyl (C=O) groups excluding carboxylic acids is 4. The normalized spacial score (nSPS) is 27.0. The first-order valence-electron chi connectivity index (χ1n) is 17.7.